The molecule has 1 aliphatic rings. The zero-order chi connectivity index (χ0) is 19.8. The average Bonchev–Trinajstić information content (AvgIpc) is 3.33. The van der Waals surface area contributed by atoms with Crippen molar-refractivity contribution in [2.75, 3.05) is 43.4 Å². The molecular weight excluding hydrogens is 364 g/mol. The summed E-state index contributed by atoms with van der Waals surface area (Å²) >= 11 is 0. The molecule has 0 bridgehead atoms. The van der Waals surface area contributed by atoms with Gasteiger partial charge < -0.3 is 19.5 Å². The molecule has 0 aromatic carbocycles. The molecule has 5 rings (SSSR count). The summed E-state index contributed by atoms with van der Waals surface area (Å²) in [5.74, 6) is 1.57. The Morgan fingerprint density at radius 2 is 1.90 bits per heavy atom. The number of anilines is 3. The SMILES string of the molecule is Cc1[nH]ncc1-c1ccc2nc(Nc3cc(N4CCN(C)CC4)ccn3)cn2c1. The van der Waals surface area contributed by atoms with Crippen LogP contribution in [0.25, 0.3) is 16.8 Å². The predicted molar refractivity (Wildman–Crippen MR) is 115 cm³/mol. The number of nitrogens with zero attached hydrogens (tertiary/aromatic N) is 6. The van der Waals surface area contributed by atoms with Crippen LogP contribution >= 0.6 is 0 Å². The van der Waals surface area contributed by atoms with Crippen molar-refractivity contribution in [1.29, 1.82) is 0 Å². The molecule has 1 aliphatic heterocycles. The molecule has 8 nitrogen and oxygen atoms in total. The summed E-state index contributed by atoms with van der Waals surface area (Å²) in [5.41, 5.74) is 5.32. The molecule has 0 radical (unpaired) electrons. The topological polar surface area (TPSA) is 77.4 Å². The fraction of sp³-hybridized carbons (Fsp3) is 0.286. The van der Waals surface area contributed by atoms with E-state index in [4.69, 9.17) is 0 Å². The molecule has 4 aromatic rings. The Hall–Kier alpha value is -3.39. The maximum Gasteiger partial charge on any atom is 0.150 e. The predicted octanol–water partition coefficient (Wildman–Crippen LogP) is 2.92. The van der Waals surface area contributed by atoms with Crippen molar-refractivity contribution in [3.8, 4) is 11.1 Å². The number of H-pyrrole nitrogens is 1. The number of nitrogens with one attached hydrogen (secondary N) is 2. The summed E-state index contributed by atoms with van der Waals surface area (Å²) in [6.07, 6.45) is 7.75. The Morgan fingerprint density at radius 1 is 1.03 bits per heavy atom. The first-order valence-corrected chi connectivity index (χ1v) is 9.81. The third-order valence-electron chi connectivity index (χ3n) is 5.46. The highest BCUT2D eigenvalue weighted by Crippen LogP contribution is 2.24. The van der Waals surface area contributed by atoms with Gasteiger partial charge in [0.15, 0.2) is 5.82 Å². The number of hydrogen-bond donors (Lipinski definition) is 2. The highest BCUT2D eigenvalue weighted by atomic mass is 15.2. The van der Waals surface area contributed by atoms with E-state index in [-0.39, 0.29) is 0 Å². The fourth-order valence-electron chi connectivity index (χ4n) is 3.73. The molecule has 0 spiro atoms. The van der Waals surface area contributed by atoms with Gasteiger partial charge in [-0.3, -0.25) is 5.10 Å². The molecular formula is C21H24N8. The lowest BCUT2D eigenvalue weighted by Crippen LogP contribution is -2.44. The van der Waals surface area contributed by atoms with Crippen LogP contribution in [-0.4, -0.2) is 62.7 Å². The lowest BCUT2D eigenvalue weighted by molar-refractivity contribution is 0.313. The number of aromatic nitrogens is 5. The summed E-state index contributed by atoms with van der Waals surface area (Å²) in [6.45, 7) is 6.24. The van der Waals surface area contributed by atoms with Gasteiger partial charge in [-0.05, 0) is 32.2 Å². The number of imidazole rings is 1. The molecule has 5 heterocycles. The molecule has 0 unspecified atom stereocenters. The Kier molecular flexibility index (Phi) is 4.40. The fourth-order valence-corrected chi connectivity index (χ4v) is 3.73. The standard InChI is InChI=1S/C21H24N8/c1-15-18(12-23-26-15)16-3-4-21-25-20(14-29(21)13-16)24-19-11-17(5-6-22-19)28-9-7-27(2)8-10-28/h3-6,11-14H,7-10H2,1-2H3,(H,22,24)(H,23,26). The molecule has 0 aliphatic carbocycles. The van der Waals surface area contributed by atoms with E-state index in [1.54, 1.807) is 0 Å². The van der Waals surface area contributed by atoms with E-state index in [9.17, 15) is 0 Å². The van der Waals surface area contributed by atoms with Gasteiger partial charge in [0, 0.05) is 67.1 Å². The van der Waals surface area contributed by atoms with E-state index in [2.05, 4.69) is 66.7 Å². The van der Waals surface area contributed by atoms with Crippen molar-refractivity contribution in [3.05, 3.63) is 54.7 Å². The molecule has 8 heteroatoms. The number of fused-ring (bicyclic) bond motifs is 1. The van der Waals surface area contributed by atoms with E-state index >= 15 is 0 Å². The molecule has 0 amide bonds. The molecule has 4 aromatic heterocycles. The Bertz CT molecular complexity index is 1140. The van der Waals surface area contributed by atoms with Crippen molar-refractivity contribution >= 4 is 23.0 Å². The summed E-state index contributed by atoms with van der Waals surface area (Å²) in [5, 5.41) is 10.4. The third kappa shape index (κ3) is 3.54. The highest BCUT2D eigenvalue weighted by Gasteiger charge is 2.15. The minimum Gasteiger partial charge on any atom is -0.369 e. The number of rotatable bonds is 4. The minimum atomic E-state index is 0.772. The highest BCUT2D eigenvalue weighted by molar-refractivity contribution is 5.67. The zero-order valence-electron chi connectivity index (χ0n) is 16.6. The lowest BCUT2D eigenvalue weighted by Gasteiger charge is -2.34. The lowest BCUT2D eigenvalue weighted by atomic mass is 10.1. The molecule has 29 heavy (non-hydrogen) atoms. The Balaban J connectivity index is 1.38. The Morgan fingerprint density at radius 3 is 2.69 bits per heavy atom. The van der Waals surface area contributed by atoms with E-state index in [1.165, 1.54) is 5.69 Å². The normalized spacial score (nSPS) is 15.2. The number of pyridine rings is 2. The van der Waals surface area contributed by atoms with Crippen LogP contribution in [0.1, 0.15) is 5.69 Å². The van der Waals surface area contributed by atoms with Gasteiger partial charge in [-0.2, -0.15) is 5.10 Å². The number of aryl methyl sites for hydroxylation is 1. The summed E-state index contributed by atoms with van der Waals surface area (Å²) < 4.78 is 2.02. The molecule has 1 fully saturated rings. The van der Waals surface area contributed by atoms with Crippen molar-refractivity contribution in [2.45, 2.75) is 6.92 Å². The summed E-state index contributed by atoms with van der Waals surface area (Å²) in [4.78, 5) is 13.9. The van der Waals surface area contributed by atoms with Gasteiger partial charge >= 0.3 is 0 Å². The molecule has 148 valence electrons. The molecule has 0 atom stereocenters. The monoisotopic (exact) mass is 388 g/mol. The van der Waals surface area contributed by atoms with Crippen LogP contribution in [0.15, 0.2) is 49.1 Å². The van der Waals surface area contributed by atoms with E-state index in [0.717, 1.165) is 60.3 Å². The second-order valence-corrected chi connectivity index (χ2v) is 7.53. The van der Waals surface area contributed by atoms with Crippen LogP contribution in [0.2, 0.25) is 0 Å². The van der Waals surface area contributed by atoms with Crippen molar-refractivity contribution in [3.63, 3.8) is 0 Å². The van der Waals surface area contributed by atoms with Crippen LogP contribution in [0, 0.1) is 6.92 Å². The molecule has 0 saturated carbocycles. The first-order valence-electron chi connectivity index (χ1n) is 9.81. The first-order chi connectivity index (χ1) is 14.2. The number of aromatic amines is 1. The number of piperazine rings is 1. The van der Waals surface area contributed by atoms with Crippen LogP contribution in [0.5, 0.6) is 0 Å². The van der Waals surface area contributed by atoms with Crippen LogP contribution in [0.4, 0.5) is 17.3 Å². The van der Waals surface area contributed by atoms with Crippen LogP contribution in [0.3, 0.4) is 0 Å². The van der Waals surface area contributed by atoms with Crippen molar-refractivity contribution in [1.82, 2.24) is 29.5 Å². The van der Waals surface area contributed by atoms with Gasteiger partial charge in [0.2, 0.25) is 0 Å². The van der Waals surface area contributed by atoms with Crippen LogP contribution < -0.4 is 10.2 Å². The Labute approximate surface area is 169 Å². The van der Waals surface area contributed by atoms with Gasteiger partial charge in [0.25, 0.3) is 0 Å². The maximum absolute atomic E-state index is 4.67. The van der Waals surface area contributed by atoms with Crippen molar-refractivity contribution < 1.29 is 0 Å². The molecule has 2 N–H and O–H groups in total. The van der Waals surface area contributed by atoms with E-state index < -0.39 is 0 Å². The van der Waals surface area contributed by atoms with Gasteiger partial charge in [0.05, 0.1) is 12.4 Å². The second-order valence-electron chi connectivity index (χ2n) is 7.53. The van der Waals surface area contributed by atoms with Gasteiger partial charge in [-0.25, -0.2) is 9.97 Å². The van der Waals surface area contributed by atoms with Gasteiger partial charge in [0.1, 0.15) is 11.5 Å². The summed E-state index contributed by atoms with van der Waals surface area (Å²) in [7, 11) is 2.17. The number of hydrogen-bond acceptors (Lipinski definition) is 6. The maximum atomic E-state index is 4.67. The third-order valence-corrected chi connectivity index (χ3v) is 5.46. The second kappa shape index (κ2) is 7.21. The largest absolute Gasteiger partial charge is 0.369 e. The van der Waals surface area contributed by atoms with Crippen molar-refractivity contribution in [2.24, 2.45) is 0 Å². The quantitative estimate of drug-likeness (QED) is 0.560. The minimum absolute atomic E-state index is 0.772. The van der Waals surface area contributed by atoms with E-state index in [0.29, 0.717) is 0 Å². The average molecular weight is 388 g/mol. The smallest absolute Gasteiger partial charge is 0.150 e. The van der Waals surface area contributed by atoms with Crippen LogP contribution in [-0.2, 0) is 0 Å². The number of likely N-dealkylation sites (N-methyl/N-ethyl adjacent to an activating group) is 1. The molecule has 1 saturated heterocycles. The van der Waals surface area contributed by atoms with Gasteiger partial charge in [-0.15, -0.1) is 0 Å². The van der Waals surface area contributed by atoms with E-state index in [1.807, 2.05) is 36.0 Å². The summed E-state index contributed by atoms with van der Waals surface area (Å²) in [6, 6.07) is 8.24. The zero-order valence-corrected chi connectivity index (χ0v) is 16.6. The first kappa shape index (κ1) is 17.7. The van der Waals surface area contributed by atoms with Gasteiger partial charge in [-0.1, -0.05) is 0 Å².